The molecule has 1 aromatic carbocycles. The van der Waals surface area contributed by atoms with Crippen molar-refractivity contribution in [2.45, 2.75) is 12.8 Å². The summed E-state index contributed by atoms with van der Waals surface area (Å²) in [7, 11) is 0. The van der Waals surface area contributed by atoms with Gasteiger partial charge in [0, 0.05) is 25.4 Å². The summed E-state index contributed by atoms with van der Waals surface area (Å²) in [6.07, 6.45) is 3.35. The monoisotopic (exact) mass is 331 g/mol. The number of anilines is 1. The number of piperidine rings is 1. The minimum atomic E-state index is -0.793. The summed E-state index contributed by atoms with van der Waals surface area (Å²) in [5, 5.41) is 11.1. The van der Waals surface area contributed by atoms with Crippen LogP contribution in [0.4, 0.5) is 15.8 Å². The third-order valence-electron chi connectivity index (χ3n) is 4.21. The van der Waals surface area contributed by atoms with Crippen LogP contribution < -0.4 is 9.64 Å². The molecular formula is C17H18FN3O3. The van der Waals surface area contributed by atoms with E-state index in [9.17, 15) is 14.5 Å². The van der Waals surface area contributed by atoms with Gasteiger partial charge in [-0.15, -0.1) is 0 Å². The van der Waals surface area contributed by atoms with Gasteiger partial charge in [-0.3, -0.25) is 10.1 Å². The third kappa shape index (κ3) is 3.61. The van der Waals surface area contributed by atoms with Crippen molar-refractivity contribution in [1.82, 2.24) is 4.98 Å². The molecule has 1 aliphatic heterocycles. The van der Waals surface area contributed by atoms with Gasteiger partial charge in [-0.05, 0) is 37.0 Å². The number of rotatable bonds is 5. The molecule has 0 bridgehead atoms. The molecule has 0 atom stereocenters. The molecule has 0 aliphatic carbocycles. The minimum absolute atomic E-state index is 0.351. The second-order valence-electron chi connectivity index (χ2n) is 5.77. The average Bonchev–Trinajstić information content (AvgIpc) is 2.61. The Morgan fingerprint density at radius 1 is 1.25 bits per heavy atom. The molecule has 0 spiro atoms. The van der Waals surface area contributed by atoms with E-state index in [1.165, 1.54) is 6.07 Å². The summed E-state index contributed by atoms with van der Waals surface area (Å²) in [6.45, 7) is 1.84. The Kier molecular flexibility index (Phi) is 4.88. The maximum atomic E-state index is 13.7. The van der Waals surface area contributed by atoms with Crippen LogP contribution in [0, 0.1) is 21.8 Å². The quantitative estimate of drug-likeness (QED) is 0.620. The van der Waals surface area contributed by atoms with Gasteiger partial charge in [0.15, 0.2) is 0 Å². The van der Waals surface area contributed by atoms with E-state index in [4.69, 9.17) is 4.74 Å². The highest BCUT2D eigenvalue weighted by Crippen LogP contribution is 2.33. The zero-order valence-electron chi connectivity index (χ0n) is 13.1. The molecule has 1 saturated heterocycles. The van der Waals surface area contributed by atoms with Crippen LogP contribution in [0.2, 0.25) is 0 Å². The van der Waals surface area contributed by atoms with Crippen LogP contribution in [-0.4, -0.2) is 29.6 Å². The number of hydrogen-bond acceptors (Lipinski definition) is 5. The maximum Gasteiger partial charge on any atom is 0.327 e. The number of hydrogen-bond donors (Lipinski definition) is 0. The SMILES string of the molecule is O=[N+]([O-])c1c(F)cccc1N1CCC(COc2ccccn2)CC1. The molecule has 1 aliphatic rings. The van der Waals surface area contributed by atoms with E-state index < -0.39 is 16.4 Å². The predicted octanol–water partition coefficient (Wildman–Crippen LogP) is 3.42. The molecule has 24 heavy (non-hydrogen) atoms. The highest BCUT2D eigenvalue weighted by molar-refractivity contribution is 5.64. The zero-order valence-corrected chi connectivity index (χ0v) is 13.1. The predicted molar refractivity (Wildman–Crippen MR) is 87.7 cm³/mol. The lowest BCUT2D eigenvalue weighted by molar-refractivity contribution is -0.386. The molecule has 2 heterocycles. The third-order valence-corrected chi connectivity index (χ3v) is 4.21. The minimum Gasteiger partial charge on any atom is -0.477 e. The number of nitrogens with zero attached hydrogens (tertiary/aromatic N) is 3. The summed E-state index contributed by atoms with van der Waals surface area (Å²) >= 11 is 0. The van der Waals surface area contributed by atoms with Crippen molar-refractivity contribution >= 4 is 11.4 Å². The maximum absolute atomic E-state index is 13.7. The summed E-state index contributed by atoms with van der Waals surface area (Å²) < 4.78 is 19.4. The lowest BCUT2D eigenvalue weighted by atomic mass is 9.97. The van der Waals surface area contributed by atoms with Crippen LogP contribution in [0.5, 0.6) is 5.88 Å². The van der Waals surface area contributed by atoms with Crippen LogP contribution in [0.15, 0.2) is 42.6 Å². The number of aromatic nitrogens is 1. The van der Waals surface area contributed by atoms with E-state index in [1.54, 1.807) is 12.3 Å². The van der Waals surface area contributed by atoms with Crippen LogP contribution in [-0.2, 0) is 0 Å². The zero-order chi connectivity index (χ0) is 16.9. The number of pyridine rings is 1. The highest BCUT2D eigenvalue weighted by atomic mass is 19.1. The van der Waals surface area contributed by atoms with Crippen LogP contribution in [0.25, 0.3) is 0 Å². The summed E-state index contributed by atoms with van der Waals surface area (Å²) in [4.78, 5) is 16.5. The van der Waals surface area contributed by atoms with Crippen LogP contribution in [0.1, 0.15) is 12.8 Å². The molecule has 126 valence electrons. The molecule has 1 fully saturated rings. The van der Waals surface area contributed by atoms with Gasteiger partial charge in [0.1, 0.15) is 5.69 Å². The number of nitro benzene ring substituents is 1. The molecule has 1 aromatic heterocycles. The first-order valence-electron chi connectivity index (χ1n) is 7.87. The fraction of sp³-hybridized carbons (Fsp3) is 0.353. The molecule has 6 nitrogen and oxygen atoms in total. The average molecular weight is 331 g/mol. The Labute approximate surface area is 139 Å². The largest absolute Gasteiger partial charge is 0.477 e. The standard InChI is InChI=1S/C17H18FN3O3/c18-14-4-3-5-15(17(14)21(22)23)20-10-7-13(8-11-20)12-24-16-6-1-2-9-19-16/h1-6,9,13H,7-8,10-12H2. The molecule has 0 amide bonds. The van der Waals surface area contributed by atoms with Crippen LogP contribution in [0.3, 0.4) is 0 Å². The Hall–Kier alpha value is -2.70. The first kappa shape index (κ1) is 16.2. The van der Waals surface area contributed by atoms with Crippen molar-refractivity contribution in [2.24, 2.45) is 5.92 Å². The summed E-state index contributed by atoms with van der Waals surface area (Å²) in [5.74, 6) is 0.162. The molecule has 2 aromatic rings. The second kappa shape index (κ2) is 7.25. The summed E-state index contributed by atoms with van der Waals surface area (Å²) in [5.41, 5.74) is -0.0928. The normalized spacial score (nSPS) is 15.3. The van der Waals surface area contributed by atoms with Gasteiger partial charge in [0.05, 0.1) is 11.5 Å². The number of para-hydroxylation sites is 1. The molecule has 0 N–H and O–H groups in total. The molecule has 3 rings (SSSR count). The van der Waals surface area contributed by atoms with Crippen molar-refractivity contribution < 1.29 is 14.1 Å². The lowest BCUT2D eigenvalue weighted by Gasteiger charge is -2.33. The molecule has 0 unspecified atom stereocenters. The van der Waals surface area contributed by atoms with Crippen molar-refractivity contribution in [3.8, 4) is 5.88 Å². The van der Waals surface area contributed by atoms with Gasteiger partial charge in [0.25, 0.3) is 0 Å². The van der Waals surface area contributed by atoms with E-state index in [0.29, 0.717) is 37.2 Å². The number of halogens is 1. The van der Waals surface area contributed by atoms with E-state index in [0.717, 1.165) is 18.9 Å². The van der Waals surface area contributed by atoms with E-state index >= 15 is 0 Å². The van der Waals surface area contributed by atoms with Gasteiger partial charge in [-0.25, -0.2) is 4.98 Å². The fourth-order valence-electron chi connectivity index (χ4n) is 2.92. The van der Waals surface area contributed by atoms with Gasteiger partial charge < -0.3 is 9.64 Å². The molecular weight excluding hydrogens is 313 g/mol. The second-order valence-corrected chi connectivity index (χ2v) is 5.77. The van der Waals surface area contributed by atoms with E-state index in [1.807, 2.05) is 23.1 Å². The van der Waals surface area contributed by atoms with Crippen molar-refractivity contribution in [3.63, 3.8) is 0 Å². The molecule has 0 radical (unpaired) electrons. The van der Waals surface area contributed by atoms with E-state index in [2.05, 4.69) is 4.98 Å². The van der Waals surface area contributed by atoms with Gasteiger partial charge in [-0.2, -0.15) is 4.39 Å². The first-order chi connectivity index (χ1) is 11.6. The Balaban J connectivity index is 1.59. The Morgan fingerprint density at radius 2 is 2.04 bits per heavy atom. The smallest absolute Gasteiger partial charge is 0.327 e. The number of benzene rings is 1. The molecule has 7 heteroatoms. The Bertz CT molecular complexity index is 703. The number of ether oxygens (including phenoxy) is 1. The van der Waals surface area contributed by atoms with Crippen LogP contribution >= 0.6 is 0 Å². The molecule has 0 saturated carbocycles. The van der Waals surface area contributed by atoms with Crippen molar-refractivity contribution in [3.05, 3.63) is 58.5 Å². The first-order valence-corrected chi connectivity index (χ1v) is 7.87. The number of nitro groups is 1. The topological polar surface area (TPSA) is 68.5 Å². The van der Waals surface area contributed by atoms with Crippen molar-refractivity contribution in [1.29, 1.82) is 0 Å². The van der Waals surface area contributed by atoms with Gasteiger partial charge in [-0.1, -0.05) is 12.1 Å². The summed E-state index contributed by atoms with van der Waals surface area (Å²) in [6, 6.07) is 9.74. The lowest BCUT2D eigenvalue weighted by Crippen LogP contribution is -2.36. The van der Waals surface area contributed by atoms with E-state index in [-0.39, 0.29) is 0 Å². The van der Waals surface area contributed by atoms with Gasteiger partial charge >= 0.3 is 5.69 Å². The fourth-order valence-corrected chi connectivity index (χ4v) is 2.92. The highest BCUT2D eigenvalue weighted by Gasteiger charge is 2.27. The van der Waals surface area contributed by atoms with Crippen molar-refractivity contribution in [2.75, 3.05) is 24.6 Å². The Morgan fingerprint density at radius 3 is 2.71 bits per heavy atom. The van der Waals surface area contributed by atoms with Gasteiger partial charge in [0.2, 0.25) is 11.7 Å².